The van der Waals surface area contributed by atoms with Crippen LogP contribution in [0.3, 0.4) is 0 Å². The van der Waals surface area contributed by atoms with Crippen LogP contribution in [0.5, 0.6) is 11.5 Å². The molecule has 0 aliphatic carbocycles. The molecule has 10 aliphatic heterocycles. The number of halogens is 6. The number of hydrogen-bond donors (Lipinski definition) is 0. The fourth-order valence-corrected chi connectivity index (χ4v) is 127. The van der Waals surface area contributed by atoms with Crippen molar-refractivity contribution in [3.05, 3.63) is 108 Å². The Morgan fingerprint density at radius 3 is 0.959 bits per heavy atom. The summed E-state index contributed by atoms with van der Waals surface area (Å²) in [4.78, 5) is 6.37. The van der Waals surface area contributed by atoms with E-state index in [0.717, 1.165) is 51.0 Å². The van der Waals surface area contributed by atoms with Crippen LogP contribution in [0, 0.1) is 0 Å². The van der Waals surface area contributed by atoms with Gasteiger partial charge < -0.3 is 0 Å². The van der Waals surface area contributed by atoms with E-state index >= 15 is 0 Å². The summed E-state index contributed by atoms with van der Waals surface area (Å²) in [6, 6.07) is 28.9. The van der Waals surface area contributed by atoms with Crippen molar-refractivity contribution < 1.29 is 42.3 Å². The Bertz CT molecular complexity index is 2510. The summed E-state index contributed by atoms with van der Waals surface area (Å²) >= 11 is 0. The van der Waals surface area contributed by atoms with Gasteiger partial charge in [0.1, 0.15) is 0 Å². The summed E-state index contributed by atoms with van der Waals surface area (Å²) < 4.78 is 94.2. The summed E-state index contributed by atoms with van der Waals surface area (Å²) in [7, 11) is 1.49. The van der Waals surface area contributed by atoms with Crippen LogP contribution in [-0.2, 0) is 18.9 Å². The standard InChI is InChI=1S/C19H12F6P.C19H18O2P.Fe/c20-18(21,22)13-5-9-16(10-6-13)26(15-3-1-2-4-15)17-11-7-14(8-12-17)19(23,24)25;1-20-15-7-11-18(12-8-15)22(17-5-3-4-6-17)19-13-9-16(21-2)10-14-19;/h1-12H;3-14H,1-2H3;. The van der Waals surface area contributed by atoms with E-state index < -0.39 is 45.8 Å². The van der Waals surface area contributed by atoms with Crippen LogP contribution < -0.4 is 30.7 Å². The van der Waals surface area contributed by atoms with E-state index in [-0.39, 0.29) is 4.05 Å². The topological polar surface area (TPSA) is 18.5 Å². The van der Waals surface area contributed by atoms with Crippen LogP contribution in [-0.4, -0.2) is 22.3 Å². The molecule has 10 heterocycles. The van der Waals surface area contributed by atoms with Gasteiger partial charge in [-0.25, -0.2) is 0 Å². The fraction of sp³-hybridized carbons (Fsp3) is 0.368. The number of benzene rings is 4. The zero-order valence-electron chi connectivity index (χ0n) is 26.2. The fourth-order valence-electron chi connectivity index (χ4n) is 21.7. The van der Waals surface area contributed by atoms with E-state index in [2.05, 4.69) is 48.5 Å². The van der Waals surface area contributed by atoms with Gasteiger partial charge in [-0.3, -0.25) is 0 Å². The maximum atomic E-state index is 13.8. The van der Waals surface area contributed by atoms with Crippen molar-refractivity contribution in [2.24, 2.45) is 0 Å². The maximum absolute atomic E-state index is 13.8. The van der Waals surface area contributed by atoms with E-state index in [1.165, 1.54) is 34.9 Å². The Kier molecular flexibility index (Phi) is 2.59. The number of fused-ring (bicyclic) bond motifs is 10. The van der Waals surface area contributed by atoms with E-state index in [1.54, 1.807) is 38.5 Å². The van der Waals surface area contributed by atoms with Gasteiger partial charge in [-0.1, -0.05) is 0 Å². The van der Waals surface area contributed by atoms with Gasteiger partial charge in [-0.05, 0) is 0 Å². The van der Waals surface area contributed by atoms with Gasteiger partial charge in [-0.2, -0.15) is 0 Å². The van der Waals surface area contributed by atoms with Crippen molar-refractivity contribution in [2.75, 3.05) is 14.2 Å². The van der Waals surface area contributed by atoms with E-state index in [4.69, 9.17) is 9.47 Å². The molecule has 4 aromatic rings. The molecular weight excluding hydrogens is 720 g/mol. The van der Waals surface area contributed by atoms with Gasteiger partial charge in [0.25, 0.3) is 0 Å². The molecule has 14 rings (SSSR count). The van der Waals surface area contributed by atoms with Crippen LogP contribution >= 0.6 is 15.8 Å². The Balaban J connectivity index is 1.01. The predicted molar refractivity (Wildman–Crippen MR) is 177 cm³/mol. The number of hydrogen-bond acceptors (Lipinski definition) is 2. The zero-order chi connectivity index (χ0) is 33.4. The average molecular weight is 750 g/mol. The molecule has 0 saturated carbocycles. The molecule has 0 bridgehead atoms. The first-order valence-corrected chi connectivity index (χ1v) is 25.5. The minimum atomic E-state index is -4.53. The average Bonchev–Trinajstić information content (AvgIpc) is 4.05. The van der Waals surface area contributed by atoms with Gasteiger partial charge in [0.05, 0.1) is 0 Å². The molecule has 1 spiro atoms. The zero-order valence-corrected chi connectivity index (χ0v) is 29.1. The summed E-state index contributed by atoms with van der Waals surface area (Å²) in [5, 5.41) is 4.59. The van der Waals surface area contributed by atoms with Crippen molar-refractivity contribution in [3.63, 3.8) is 0 Å². The van der Waals surface area contributed by atoms with Crippen LogP contribution in [0.1, 0.15) is 11.1 Å². The molecule has 0 amide bonds. The molecule has 10 aliphatic rings. The SMILES string of the molecule is COc1ccc(P(c2ccc(OC)cc2)[C]23[CH]4[CH]5[CH]6[CH]2[Fe]56432789[CH]3[CH]2[CH]7[C]8(P(c2ccc(C(F)(F)F)cc2)c2ccc(C(F)(F)F)cc2)[CH]39)cc1. The molecule has 8 unspecified atom stereocenters. The molecule has 49 heavy (non-hydrogen) atoms. The first-order chi connectivity index (χ1) is 23.2. The molecule has 254 valence electrons. The van der Waals surface area contributed by atoms with Gasteiger partial charge in [-0.15, -0.1) is 0 Å². The molecule has 10 fully saturated rings. The van der Waals surface area contributed by atoms with Crippen molar-refractivity contribution >= 4 is 37.1 Å². The number of ether oxygens (including phenoxy) is 2. The van der Waals surface area contributed by atoms with E-state index in [9.17, 15) is 26.3 Å². The number of rotatable bonds is 8. The Labute approximate surface area is 271 Å². The summed E-state index contributed by atoms with van der Waals surface area (Å²) in [5.74, 6) is 1.64. The third-order valence-electron chi connectivity index (χ3n) is 20.9. The molecule has 0 radical (unpaired) electrons. The van der Waals surface area contributed by atoms with Crippen LogP contribution in [0.25, 0.3) is 0 Å². The molecule has 0 N–H and O–H groups in total. The molecule has 4 aromatic carbocycles. The molecule has 2 nitrogen and oxygen atoms in total. The van der Waals surface area contributed by atoms with E-state index in [1.807, 2.05) is 0 Å². The number of methoxy groups -OCH3 is 2. The first kappa shape index (κ1) is 27.1. The van der Waals surface area contributed by atoms with Crippen molar-refractivity contribution in [1.29, 1.82) is 0 Å². The van der Waals surface area contributed by atoms with Crippen LogP contribution in [0.4, 0.5) is 26.3 Å². The minimum absolute atomic E-state index is 0.128. The van der Waals surface area contributed by atoms with Gasteiger partial charge in [0.2, 0.25) is 0 Å². The van der Waals surface area contributed by atoms with Crippen LogP contribution in [0.15, 0.2) is 97.1 Å². The number of alkyl halides is 6. The first-order valence-electron chi connectivity index (χ1n) is 16.6. The normalized spacial score (nSPS) is 51.2. The Morgan fingerprint density at radius 1 is 0.469 bits per heavy atom. The van der Waals surface area contributed by atoms with Gasteiger partial charge in [0.15, 0.2) is 0 Å². The van der Waals surface area contributed by atoms with E-state index in [0.29, 0.717) is 13.7 Å². The molecule has 8 atom stereocenters. The van der Waals surface area contributed by atoms with Gasteiger partial charge in [0, 0.05) is 0 Å². The van der Waals surface area contributed by atoms with Crippen molar-refractivity contribution in [2.45, 2.75) is 59.0 Å². The summed E-state index contributed by atoms with van der Waals surface area (Å²) in [6.07, 6.45) is -8.90. The van der Waals surface area contributed by atoms with Gasteiger partial charge >= 0.3 is 272 Å². The van der Waals surface area contributed by atoms with Crippen molar-refractivity contribution in [3.8, 4) is 11.5 Å². The molecule has 10 saturated heterocycles. The second-order valence-electron chi connectivity index (χ2n) is 17.9. The summed E-state index contributed by atoms with van der Waals surface area (Å²) in [5.41, 5.74) is -1.36. The summed E-state index contributed by atoms with van der Waals surface area (Å²) in [6.45, 7) is -4.53. The monoisotopic (exact) mass is 750 g/mol. The second-order valence-corrected chi connectivity index (χ2v) is 46.7. The Morgan fingerprint density at radius 2 is 0.735 bits per heavy atom. The molecule has 11 heteroatoms. The molecular formula is C38H30F6FeO2P2. The second kappa shape index (κ2) is 4.68. The van der Waals surface area contributed by atoms with Crippen molar-refractivity contribution in [1.82, 2.24) is 0 Å². The third kappa shape index (κ3) is 0.907. The Hall–Kier alpha value is -2.56. The van der Waals surface area contributed by atoms with Crippen LogP contribution in [0.2, 0.25) is 38.5 Å². The quantitative estimate of drug-likeness (QED) is 0.102. The predicted octanol–water partition coefficient (Wildman–Crippen LogP) is 9.51. The molecule has 0 aromatic heterocycles. The third-order valence-corrected chi connectivity index (χ3v) is 77.6.